The van der Waals surface area contributed by atoms with Crippen molar-refractivity contribution in [2.75, 3.05) is 12.4 Å². The molecular weight excluding hydrogens is 362 g/mol. The van der Waals surface area contributed by atoms with Gasteiger partial charge in [-0.1, -0.05) is 0 Å². The zero-order valence-corrected chi connectivity index (χ0v) is 14.0. The number of sulfonamides is 1. The first-order chi connectivity index (χ1) is 11.4. The fourth-order valence-electron chi connectivity index (χ4n) is 1.52. The maximum Gasteiger partial charge on any atom is 0.335 e. The van der Waals surface area contributed by atoms with Crippen molar-refractivity contribution in [1.29, 1.82) is 0 Å². The Morgan fingerprint density at radius 3 is 2.75 bits per heavy atom. The van der Waals surface area contributed by atoms with Gasteiger partial charge < -0.3 is 9.47 Å². The van der Waals surface area contributed by atoms with Crippen molar-refractivity contribution in [3.63, 3.8) is 0 Å². The van der Waals surface area contributed by atoms with Gasteiger partial charge in [0.05, 0.1) is 7.11 Å². The Kier molecular flexibility index (Phi) is 5.25. The van der Waals surface area contributed by atoms with E-state index in [9.17, 15) is 18.0 Å². The molecule has 2 rings (SSSR count). The number of aryl methyl sites for hydroxylation is 1. The molecule has 0 bridgehead atoms. The van der Waals surface area contributed by atoms with Gasteiger partial charge in [-0.15, -0.1) is 11.3 Å². The Hall–Kier alpha value is -2.80. The zero-order chi connectivity index (χ0) is 17.7. The standard InChI is InChI=1S/C11H11N5O6S2/c1-6-12-9(15-11(13-6)21-2)14-10(18)16-24(19,20)7-3-4-23-8(7)22-5-17/h3-5H,1-2H3,(H2,12,13,14,15,16,18). The second-order valence-corrected chi connectivity index (χ2v) is 6.57. The fourth-order valence-corrected chi connectivity index (χ4v) is 3.61. The molecule has 24 heavy (non-hydrogen) atoms. The zero-order valence-electron chi connectivity index (χ0n) is 12.3. The van der Waals surface area contributed by atoms with Crippen molar-refractivity contribution in [3.05, 3.63) is 17.3 Å². The number of urea groups is 1. The number of anilines is 1. The molecule has 0 aromatic carbocycles. The molecule has 0 spiro atoms. The monoisotopic (exact) mass is 373 g/mol. The van der Waals surface area contributed by atoms with Crippen LogP contribution in [0.5, 0.6) is 11.1 Å². The van der Waals surface area contributed by atoms with E-state index in [1.807, 2.05) is 0 Å². The van der Waals surface area contributed by atoms with E-state index < -0.39 is 16.1 Å². The van der Waals surface area contributed by atoms with Gasteiger partial charge >= 0.3 is 12.0 Å². The Morgan fingerprint density at radius 2 is 2.08 bits per heavy atom. The number of methoxy groups -OCH3 is 1. The Morgan fingerprint density at radius 1 is 1.33 bits per heavy atom. The molecule has 0 fully saturated rings. The normalized spacial score (nSPS) is 10.8. The minimum atomic E-state index is -4.25. The number of aromatic nitrogens is 3. The molecule has 0 saturated heterocycles. The van der Waals surface area contributed by atoms with Crippen molar-refractivity contribution in [1.82, 2.24) is 19.7 Å². The van der Waals surface area contributed by atoms with Gasteiger partial charge in [0.15, 0.2) is 0 Å². The largest absolute Gasteiger partial charge is 0.467 e. The van der Waals surface area contributed by atoms with E-state index in [1.54, 1.807) is 11.6 Å². The highest BCUT2D eigenvalue weighted by Crippen LogP contribution is 2.29. The predicted octanol–water partition coefficient (Wildman–Crippen LogP) is 0.296. The number of carbonyl (C=O) groups is 2. The number of hydrogen-bond acceptors (Lipinski definition) is 10. The van der Waals surface area contributed by atoms with E-state index in [0.29, 0.717) is 0 Å². The van der Waals surface area contributed by atoms with Gasteiger partial charge in [-0.05, 0) is 18.4 Å². The summed E-state index contributed by atoms with van der Waals surface area (Å²) in [5, 5.41) is 3.38. The number of nitrogens with zero attached hydrogens (tertiary/aromatic N) is 3. The van der Waals surface area contributed by atoms with Crippen molar-refractivity contribution >= 4 is 39.8 Å². The smallest absolute Gasteiger partial charge is 0.335 e. The molecule has 0 unspecified atom stereocenters. The third-order valence-corrected chi connectivity index (χ3v) is 4.69. The molecule has 0 aliphatic rings. The molecule has 0 aliphatic heterocycles. The van der Waals surface area contributed by atoms with Crippen LogP contribution in [0.1, 0.15) is 5.82 Å². The predicted molar refractivity (Wildman–Crippen MR) is 81.5 cm³/mol. The third kappa shape index (κ3) is 4.14. The van der Waals surface area contributed by atoms with Crippen LogP contribution in [-0.4, -0.2) is 43.0 Å². The quantitative estimate of drug-likeness (QED) is 0.681. The fraction of sp³-hybridized carbons (Fsp3) is 0.182. The number of hydrogen-bond donors (Lipinski definition) is 2. The topological polar surface area (TPSA) is 149 Å². The highest BCUT2D eigenvalue weighted by Gasteiger charge is 2.24. The molecular formula is C11H11N5O6S2. The van der Waals surface area contributed by atoms with Crippen LogP contribution in [0.25, 0.3) is 0 Å². The van der Waals surface area contributed by atoms with Gasteiger partial charge in [0.25, 0.3) is 16.5 Å². The summed E-state index contributed by atoms with van der Waals surface area (Å²) in [6.07, 6.45) is 0. The lowest BCUT2D eigenvalue weighted by molar-refractivity contribution is -0.120. The summed E-state index contributed by atoms with van der Waals surface area (Å²) >= 11 is 0.885. The molecule has 2 aromatic heterocycles. The van der Waals surface area contributed by atoms with Crippen molar-refractivity contribution < 1.29 is 27.5 Å². The van der Waals surface area contributed by atoms with Gasteiger partial charge in [-0.25, -0.2) is 17.9 Å². The number of amides is 2. The maximum atomic E-state index is 12.1. The van der Waals surface area contributed by atoms with E-state index in [-0.39, 0.29) is 34.2 Å². The van der Waals surface area contributed by atoms with Crippen LogP contribution in [0.15, 0.2) is 16.3 Å². The van der Waals surface area contributed by atoms with Crippen molar-refractivity contribution in [2.24, 2.45) is 0 Å². The second-order valence-electron chi connectivity index (χ2n) is 4.04. The number of nitrogens with one attached hydrogen (secondary N) is 2. The van der Waals surface area contributed by atoms with E-state index in [2.05, 4.69) is 25.0 Å². The molecule has 2 aromatic rings. The van der Waals surface area contributed by atoms with Gasteiger partial charge in [0.1, 0.15) is 10.7 Å². The summed E-state index contributed by atoms with van der Waals surface area (Å²) in [6, 6.07) is 0.0425. The first kappa shape index (κ1) is 17.6. The van der Waals surface area contributed by atoms with Crippen LogP contribution < -0.4 is 19.5 Å². The van der Waals surface area contributed by atoms with E-state index in [4.69, 9.17) is 4.74 Å². The average molecular weight is 373 g/mol. The summed E-state index contributed by atoms with van der Waals surface area (Å²) in [7, 11) is -2.93. The second kappa shape index (κ2) is 7.18. The minimum Gasteiger partial charge on any atom is -0.467 e. The number of thiophene rings is 1. The number of rotatable bonds is 6. The lowest BCUT2D eigenvalue weighted by Gasteiger charge is -2.08. The first-order valence-corrected chi connectivity index (χ1v) is 8.50. The van der Waals surface area contributed by atoms with Crippen molar-refractivity contribution in [3.8, 4) is 11.1 Å². The van der Waals surface area contributed by atoms with Crippen molar-refractivity contribution in [2.45, 2.75) is 11.8 Å². The molecule has 13 heteroatoms. The molecule has 0 saturated carbocycles. The van der Waals surface area contributed by atoms with E-state index >= 15 is 0 Å². The summed E-state index contributed by atoms with van der Waals surface area (Å²) in [5.41, 5.74) is 0. The average Bonchev–Trinajstić information content (AvgIpc) is 2.95. The number of ether oxygens (including phenoxy) is 2. The maximum absolute atomic E-state index is 12.1. The lowest BCUT2D eigenvalue weighted by atomic mass is 10.6. The van der Waals surface area contributed by atoms with Gasteiger partial charge in [-0.3, -0.25) is 10.1 Å². The molecule has 0 aliphatic carbocycles. The molecule has 2 heterocycles. The Balaban J connectivity index is 2.15. The third-order valence-electron chi connectivity index (χ3n) is 2.40. The van der Waals surface area contributed by atoms with Gasteiger partial charge in [0.2, 0.25) is 11.0 Å². The molecule has 0 atom stereocenters. The van der Waals surface area contributed by atoms with Crippen LogP contribution in [0.4, 0.5) is 10.7 Å². The molecule has 11 nitrogen and oxygen atoms in total. The summed E-state index contributed by atoms with van der Waals surface area (Å²) < 4.78 is 35.4. The summed E-state index contributed by atoms with van der Waals surface area (Å²) in [4.78, 5) is 33.3. The van der Waals surface area contributed by atoms with Crippen LogP contribution in [0, 0.1) is 6.92 Å². The molecule has 0 radical (unpaired) electrons. The first-order valence-electron chi connectivity index (χ1n) is 6.14. The summed E-state index contributed by atoms with van der Waals surface area (Å²) in [6.45, 7) is 1.63. The van der Waals surface area contributed by atoms with E-state index in [1.165, 1.54) is 18.6 Å². The minimum absolute atomic E-state index is 0.0415. The van der Waals surface area contributed by atoms with Crippen LogP contribution >= 0.6 is 11.3 Å². The van der Waals surface area contributed by atoms with E-state index in [0.717, 1.165) is 11.3 Å². The van der Waals surface area contributed by atoms with Gasteiger partial charge in [0, 0.05) is 0 Å². The van der Waals surface area contributed by atoms with Crippen LogP contribution in [0.3, 0.4) is 0 Å². The highest BCUT2D eigenvalue weighted by atomic mass is 32.2. The highest BCUT2D eigenvalue weighted by molar-refractivity contribution is 7.90. The Labute approximate surface area is 140 Å². The number of carbonyl (C=O) groups excluding carboxylic acids is 2. The molecule has 2 N–H and O–H groups in total. The van der Waals surface area contributed by atoms with Gasteiger partial charge in [-0.2, -0.15) is 15.0 Å². The lowest BCUT2D eigenvalue weighted by Crippen LogP contribution is -2.35. The SMILES string of the molecule is COc1nc(C)nc(NC(=O)NS(=O)(=O)c2ccsc2OC=O)n1. The Bertz CT molecular complexity index is 866. The summed E-state index contributed by atoms with van der Waals surface area (Å²) in [5.74, 6) is 0.0706. The molecule has 128 valence electrons. The van der Waals surface area contributed by atoms with Crippen LogP contribution in [-0.2, 0) is 14.8 Å². The van der Waals surface area contributed by atoms with Crippen LogP contribution in [0.2, 0.25) is 0 Å². The molecule has 2 amide bonds.